The van der Waals surface area contributed by atoms with Crippen molar-refractivity contribution in [2.45, 2.75) is 50.9 Å². The molecule has 0 unspecified atom stereocenters. The topological polar surface area (TPSA) is 58.5 Å². The summed E-state index contributed by atoms with van der Waals surface area (Å²) in [4.78, 5) is 11.0. The van der Waals surface area contributed by atoms with Gasteiger partial charge in [0.05, 0.1) is 18.3 Å². The third kappa shape index (κ3) is 2.72. The molecular formula is C14H21N3O2. The molecule has 1 N–H and O–H groups in total. The Labute approximate surface area is 113 Å². The molecule has 19 heavy (non-hydrogen) atoms. The summed E-state index contributed by atoms with van der Waals surface area (Å²) in [5, 5.41) is 9.40. The summed E-state index contributed by atoms with van der Waals surface area (Å²) < 4.78 is 5.74. The summed E-state index contributed by atoms with van der Waals surface area (Å²) >= 11 is 0. The molecule has 2 fully saturated rings. The maximum atomic E-state index is 9.40. The van der Waals surface area contributed by atoms with Crippen LogP contribution in [0.5, 0.6) is 0 Å². The van der Waals surface area contributed by atoms with Crippen molar-refractivity contribution in [2.75, 3.05) is 18.0 Å². The molecule has 2 aliphatic rings. The van der Waals surface area contributed by atoms with E-state index in [1.807, 2.05) is 0 Å². The van der Waals surface area contributed by atoms with Crippen LogP contribution in [0.1, 0.15) is 38.3 Å². The highest BCUT2D eigenvalue weighted by atomic mass is 16.5. The quantitative estimate of drug-likeness (QED) is 0.872. The first-order valence-corrected chi connectivity index (χ1v) is 7.02. The number of aromatic nitrogens is 2. The van der Waals surface area contributed by atoms with Crippen LogP contribution in [0.25, 0.3) is 0 Å². The minimum Gasteiger partial charge on any atom is -0.393 e. The maximum Gasteiger partial charge on any atom is 0.132 e. The number of morpholine rings is 1. The van der Waals surface area contributed by atoms with E-state index in [-0.39, 0.29) is 18.3 Å². The summed E-state index contributed by atoms with van der Waals surface area (Å²) in [6, 6.07) is 2.07. The second-order valence-electron chi connectivity index (χ2n) is 5.79. The van der Waals surface area contributed by atoms with Crippen LogP contribution < -0.4 is 4.90 Å². The molecule has 1 aromatic rings. The van der Waals surface area contributed by atoms with E-state index in [2.05, 4.69) is 34.8 Å². The number of hydrogen-bond donors (Lipinski definition) is 1. The van der Waals surface area contributed by atoms with E-state index in [9.17, 15) is 5.11 Å². The third-order valence-corrected chi connectivity index (χ3v) is 3.95. The van der Waals surface area contributed by atoms with E-state index in [1.165, 1.54) is 0 Å². The molecule has 0 amide bonds. The number of aliphatic hydroxyl groups excluding tert-OH is 1. The summed E-state index contributed by atoms with van der Waals surface area (Å²) in [5.41, 5.74) is 1.06. The van der Waals surface area contributed by atoms with Crippen LogP contribution in [0, 0.1) is 0 Å². The highest BCUT2D eigenvalue weighted by Gasteiger charge is 2.30. The number of rotatable bonds is 2. The van der Waals surface area contributed by atoms with Gasteiger partial charge in [-0.1, -0.05) is 0 Å². The van der Waals surface area contributed by atoms with Crippen molar-refractivity contribution in [1.82, 2.24) is 9.97 Å². The molecule has 104 valence electrons. The lowest BCUT2D eigenvalue weighted by molar-refractivity contribution is -0.00547. The van der Waals surface area contributed by atoms with Gasteiger partial charge in [0.25, 0.3) is 0 Å². The van der Waals surface area contributed by atoms with Crippen molar-refractivity contribution in [3.05, 3.63) is 18.1 Å². The summed E-state index contributed by atoms with van der Waals surface area (Å²) in [7, 11) is 0. The predicted octanol–water partition coefficient (Wildman–Crippen LogP) is 1.33. The van der Waals surface area contributed by atoms with Crippen molar-refractivity contribution in [3.8, 4) is 0 Å². The molecule has 2 atom stereocenters. The zero-order valence-corrected chi connectivity index (χ0v) is 11.5. The fourth-order valence-electron chi connectivity index (χ4n) is 2.95. The van der Waals surface area contributed by atoms with Crippen LogP contribution in [0.2, 0.25) is 0 Å². The van der Waals surface area contributed by atoms with Crippen LogP contribution in [0.3, 0.4) is 0 Å². The lowest BCUT2D eigenvalue weighted by Crippen LogP contribution is -2.46. The fourth-order valence-corrected chi connectivity index (χ4v) is 2.95. The Morgan fingerprint density at radius 1 is 1.21 bits per heavy atom. The third-order valence-electron chi connectivity index (χ3n) is 3.95. The highest BCUT2D eigenvalue weighted by Crippen LogP contribution is 2.36. The van der Waals surface area contributed by atoms with E-state index in [0.29, 0.717) is 5.92 Å². The maximum absolute atomic E-state index is 9.40. The molecule has 1 aliphatic heterocycles. The van der Waals surface area contributed by atoms with Crippen molar-refractivity contribution in [2.24, 2.45) is 0 Å². The smallest absolute Gasteiger partial charge is 0.132 e. The van der Waals surface area contributed by atoms with Gasteiger partial charge >= 0.3 is 0 Å². The Bertz CT molecular complexity index is 438. The monoisotopic (exact) mass is 263 g/mol. The second-order valence-corrected chi connectivity index (χ2v) is 5.79. The standard InChI is InChI=1S/C14H21N3O2/c1-9-6-17(7-10(2)19-9)14-5-13(15-8-16-14)11-3-12(18)4-11/h5,8-12,18H,3-4,6-7H2,1-2H3/t9-,10+,11?,12?. The normalized spacial score (nSPS) is 35.0. The Morgan fingerprint density at radius 3 is 2.53 bits per heavy atom. The fraction of sp³-hybridized carbons (Fsp3) is 0.714. The largest absolute Gasteiger partial charge is 0.393 e. The average Bonchev–Trinajstić information content (AvgIpc) is 2.34. The highest BCUT2D eigenvalue weighted by molar-refractivity contribution is 5.41. The molecule has 1 aliphatic carbocycles. The van der Waals surface area contributed by atoms with Crippen LogP contribution in [0.4, 0.5) is 5.82 Å². The zero-order chi connectivity index (χ0) is 13.4. The summed E-state index contributed by atoms with van der Waals surface area (Å²) in [6.45, 7) is 5.92. The Balaban J connectivity index is 1.75. The Kier molecular flexibility index (Phi) is 3.41. The molecule has 0 radical (unpaired) electrons. The first-order chi connectivity index (χ1) is 9.11. The van der Waals surface area contributed by atoms with Gasteiger partial charge in [-0.05, 0) is 26.7 Å². The average molecular weight is 263 g/mol. The van der Waals surface area contributed by atoms with Gasteiger partial charge in [-0.3, -0.25) is 0 Å². The molecule has 1 saturated heterocycles. The van der Waals surface area contributed by atoms with Gasteiger partial charge in [0.15, 0.2) is 0 Å². The molecule has 0 spiro atoms. The first kappa shape index (κ1) is 12.8. The molecule has 1 aromatic heterocycles. The zero-order valence-electron chi connectivity index (χ0n) is 11.5. The van der Waals surface area contributed by atoms with Gasteiger partial charge in [0.2, 0.25) is 0 Å². The number of ether oxygens (including phenoxy) is 1. The molecule has 1 saturated carbocycles. The van der Waals surface area contributed by atoms with Crippen molar-refractivity contribution in [1.29, 1.82) is 0 Å². The molecule has 2 heterocycles. The molecule has 0 aromatic carbocycles. The minimum atomic E-state index is -0.146. The Hall–Kier alpha value is -1.20. The number of nitrogens with zero attached hydrogens (tertiary/aromatic N) is 3. The van der Waals surface area contributed by atoms with Crippen LogP contribution in [0.15, 0.2) is 12.4 Å². The van der Waals surface area contributed by atoms with E-state index in [0.717, 1.165) is 37.4 Å². The van der Waals surface area contributed by atoms with Crippen LogP contribution in [-0.2, 0) is 4.74 Å². The van der Waals surface area contributed by atoms with Gasteiger partial charge in [-0.25, -0.2) is 9.97 Å². The number of aliphatic hydroxyl groups is 1. The Morgan fingerprint density at radius 2 is 1.89 bits per heavy atom. The minimum absolute atomic E-state index is 0.146. The van der Waals surface area contributed by atoms with Gasteiger partial charge in [-0.2, -0.15) is 0 Å². The SMILES string of the molecule is C[C@@H]1CN(c2cc(C3CC(O)C3)ncn2)C[C@H](C)O1. The molecule has 0 bridgehead atoms. The summed E-state index contributed by atoms with van der Waals surface area (Å²) in [6.07, 6.45) is 3.60. The van der Waals surface area contributed by atoms with E-state index < -0.39 is 0 Å². The van der Waals surface area contributed by atoms with Crippen LogP contribution in [-0.4, -0.2) is 46.5 Å². The van der Waals surface area contributed by atoms with Crippen molar-refractivity contribution >= 4 is 5.82 Å². The van der Waals surface area contributed by atoms with Gasteiger partial charge in [0.1, 0.15) is 12.1 Å². The molecule has 5 heteroatoms. The molecule has 5 nitrogen and oxygen atoms in total. The van der Waals surface area contributed by atoms with E-state index in [4.69, 9.17) is 4.74 Å². The lowest BCUT2D eigenvalue weighted by atomic mass is 9.80. The number of anilines is 1. The van der Waals surface area contributed by atoms with Crippen LogP contribution >= 0.6 is 0 Å². The molecule has 3 rings (SSSR count). The van der Waals surface area contributed by atoms with Crippen molar-refractivity contribution in [3.63, 3.8) is 0 Å². The van der Waals surface area contributed by atoms with E-state index >= 15 is 0 Å². The lowest BCUT2D eigenvalue weighted by Gasteiger charge is -2.36. The van der Waals surface area contributed by atoms with Crippen molar-refractivity contribution < 1.29 is 9.84 Å². The van der Waals surface area contributed by atoms with Gasteiger partial charge in [-0.15, -0.1) is 0 Å². The molecular weight excluding hydrogens is 242 g/mol. The van der Waals surface area contributed by atoms with Gasteiger partial charge < -0.3 is 14.7 Å². The van der Waals surface area contributed by atoms with E-state index in [1.54, 1.807) is 6.33 Å². The first-order valence-electron chi connectivity index (χ1n) is 7.02. The van der Waals surface area contributed by atoms with Gasteiger partial charge in [0, 0.05) is 30.8 Å². The predicted molar refractivity (Wildman–Crippen MR) is 72.2 cm³/mol. The summed E-state index contributed by atoms with van der Waals surface area (Å²) in [5.74, 6) is 1.38. The second kappa shape index (κ2) is 5.06. The number of hydrogen-bond acceptors (Lipinski definition) is 5.